The topological polar surface area (TPSA) is 59.6 Å². The van der Waals surface area contributed by atoms with Crippen molar-refractivity contribution in [3.05, 3.63) is 58.6 Å². The molecule has 0 aliphatic rings. The Bertz CT molecular complexity index is 692. The van der Waals surface area contributed by atoms with Crippen molar-refractivity contribution in [3.63, 3.8) is 0 Å². The lowest BCUT2D eigenvalue weighted by Crippen LogP contribution is -2.36. The van der Waals surface area contributed by atoms with Crippen molar-refractivity contribution in [1.29, 1.82) is 0 Å². The van der Waals surface area contributed by atoms with Crippen LogP contribution in [-0.2, 0) is 13.0 Å². The first-order chi connectivity index (χ1) is 11.6. The molecule has 0 saturated heterocycles. The maximum Gasteiger partial charge on any atom is 0.315 e. The average Bonchev–Trinajstić information content (AvgIpc) is 2.60. The predicted octanol–water partition coefficient (Wildman–Crippen LogP) is 3.40. The van der Waals surface area contributed by atoms with Gasteiger partial charge in [0.25, 0.3) is 0 Å². The van der Waals surface area contributed by atoms with Crippen molar-refractivity contribution in [2.75, 3.05) is 20.8 Å². The molecule has 2 rings (SSSR count). The average molecular weight is 349 g/mol. The largest absolute Gasteiger partial charge is 0.497 e. The van der Waals surface area contributed by atoms with Crippen LogP contribution in [0.1, 0.15) is 11.1 Å². The molecule has 0 aliphatic heterocycles. The Morgan fingerprint density at radius 2 is 1.92 bits per heavy atom. The third-order valence-corrected chi connectivity index (χ3v) is 3.75. The summed E-state index contributed by atoms with van der Waals surface area (Å²) < 4.78 is 10.5. The standard InChI is InChI=1S/C18H21ClN2O3/c1-23-16-7-6-14(17(11-16)24-2)8-9-20-18(22)21-12-13-4-3-5-15(19)10-13/h3-7,10-11H,8-9,12H2,1-2H3,(H2,20,21,22). The lowest BCUT2D eigenvalue weighted by molar-refractivity contribution is 0.240. The van der Waals surface area contributed by atoms with Crippen molar-refractivity contribution in [2.45, 2.75) is 13.0 Å². The number of ether oxygens (including phenoxy) is 2. The van der Waals surface area contributed by atoms with Crippen LogP contribution in [0, 0.1) is 0 Å². The summed E-state index contributed by atoms with van der Waals surface area (Å²) >= 11 is 5.91. The zero-order valence-electron chi connectivity index (χ0n) is 13.8. The number of nitrogens with one attached hydrogen (secondary N) is 2. The van der Waals surface area contributed by atoms with Gasteiger partial charge in [-0.3, -0.25) is 0 Å². The Kier molecular flexibility index (Phi) is 6.75. The van der Waals surface area contributed by atoms with Gasteiger partial charge in [-0.2, -0.15) is 0 Å². The van der Waals surface area contributed by atoms with E-state index in [1.165, 1.54) is 0 Å². The van der Waals surface area contributed by atoms with Gasteiger partial charge in [0, 0.05) is 24.2 Å². The minimum atomic E-state index is -0.220. The number of carbonyl (C=O) groups is 1. The van der Waals surface area contributed by atoms with Crippen LogP contribution in [0.15, 0.2) is 42.5 Å². The van der Waals surface area contributed by atoms with Crippen molar-refractivity contribution in [3.8, 4) is 11.5 Å². The number of hydrogen-bond donors (Lipinski definition) is 2. The van der Waals surface area contributed by atoms with Crippen LogP contribution in [0.25, 0.3) is 0 Å². The van der Waals surface area contributed by atoms with E-state index in [2.05, 4.69) is 10.6 Å². The first kappa shape index (κ1) is 17.9. The molecule has 0 unspecified atom stereocenters. The number of methoxy groups -OCH3 is 2. The molecule has 0 aromatic heterocycles. The summed E-state index contributed by atoms with van der Waals surface area (Å²) in [5, 5.41) is 6.28. The number of carbonyl (C=O) groups excluding carboxylic acids is 1. The van der Waals surface area contributed by atoms with Crippen LogP contribution in [-0.4, -0.2) is 26.8 Å². The molecule has 24 heavy (non-hydrogen) atoms. The summed E-state index contributed by atoms with van der Waals surface area (Å²) in [5.74, 6) is 1.48. The highest BCUT2D eigenvalue weighted by Crippen LogP contribution is 2.24. The van der Waals surface area contributed by atoms with Crippen molar-refractivity contribution >= 4 is 17.6 Å². The zero-order valence-corrected chi connectivity index (χ0v) is 14.5. The third kappa shape index (κ3) is 5.35. The minimum Gasteiger partial charge on any atom is -0.497 e. The van der Waals surface area contributed by atoms with Gasteiger partial charge in [-0.1, -0.05) is 29.8 Å². The maximum atomic E-state index is 11.8. The Labute approximate surface area is 146 Å². The summed E-state index contributed by atoms with van der Waals surface area (Å²) in [7, 11) is 3.23. The highest BCUT2D eigenvalue weighted by Gasteiger charge is 2.06. The smallest absolute Gasteiger partial charge is 0.315 e. The number of benzene rings is 2. The lowest BCUT2D eigenvalue weighted by Gasteiger charge is -2.11. The second-order valence-corrected chi connectivity index (χ2v) is 5.60. The molecule has 2 amide bonds. The second-order valence-electron chi connectivity index (χ2n) is 5.17. The van der Waals surface area contributed by atoms with E-state index in [1.807, 2.05) is 36.4 Å². The van der Waals surface area contributed by atoms with Gasteiger partial charge in [-0.15, -0.1) is 0 Å². The summed E-state index contributed by atoms with van der Waals surface area (Å²) in [6.07, 6.45) is 0.664. The Hall–Kier alpha value is -2.40. The van der Waals surface area contributed by atoms with E-state index in [0.717, 1.165) is 22.6 Å². The first-order valence-corrected chi connectivity index (χ1v) is 7.97. The number of halogens is 1. The molecule has 0 spiro atoms. The Morgan fingerprint density at radius 1 is 1.08 bits per heavy atom. The summed E-state index contributed by atoms with van der Waals surface area (Å²) in [6.45, 7) is 0.933. The van der Waals surface area contributed by atoms with Crippen LogP contribution in [0.3, 0.4) is 0 Å². The van der Waals surface area contributed by atoms with Crippen molar-refractivity contribution in [2.24, 2.45) is 0 Å². The van der Waals surface area contributed by atoms with Gasteiger partial charge in [0.2, 0.25) is 0 Å². The van der Waals surface area contributed by atoms with Crippen LogP contribution in [0.2, 0.25) is 5.02 Å². The molecule has 0 aliphatic carbocycles. The van der Waals surface area contributed by atoms with Crippen LogP contribution in [0.4, 0.5) is 4.79 Å². The van der Waals surface area contributed by atoms with Gasteiger partial charge in [0.05, 0.1) is 14.2 Å². The van der Waals surface area contributed by atoms with Crippen LogP contribution < -0.4 is 20.1 Å². The molecule has 2 aromatic carbocycles. The van der Waals surface area contributed by atoms with Gasteiger partial charge in [0.1, 0.15) is 11.5 Å². The first-order valence-electron chi connectivity index (χ1n) is 7.59. The maximum absolute atomic E-state index is 11.8. The van der Waals surface area contributed by atoms with E-state index in [4.69, 9.17) is 21.1 Å². The lowest BCUT2D eigenvalue weighted by atomic mass is 10.1. The van der Waals surface area contributed by atoms with Crippen LogP contribution in [0.5, 0.6) is 11.5 Å². The van der Waals surface area contributed by atoms with Crippen LogP contribution >= 0.6 is 11.6 Å². The fourth-order valence-corrected chi connectivity index (χ4v) is 2.47. The molecule has 0 fully saturated rings. The summed E-state index contributed by atoms with van der Waals surface area (Å²) in [5.41, 5.74) is 1.96. The van der Waals surface area contributed by atoms with Gasteiger partial charge in [0.15, 0.2) is 0 Å². The van der Waals surface area contributed by atoms with Crippen molar-refractivity contribution < 1.29 is 14.3 Å². The fourth-order valence-electron chi connectivity index (χ4n) is 2.26. The molecular formula is C18H21ClN2O3. The number of amides is 2. The number of urea groups is 1. The van der Waals surface area contributed by atoms with Gasteiger partial charge in [-0.25, -0.2) is 4.79 Å². The predicted molar refractivity (Wildman–Crippen MR) is 94.9 cm³/mol. The van der Waals surface area contributed by atoms with Gasteiger partial charge >= 0.3 is 6.03 Å². The fraction of sp³-hybridized carbons (Fsp3) is 0.278. The summed E-state index contributed by atoms with van der Waals surface area (Å²) in [6, 6.07) is 12.8. The molecule has 0 saturated carbocycles. The molecule has 0 atom stereocenters. The van der Waals surface area contributed by atoms with Gasteiger partial charge < -0.3 is 20.1 Å². The Balaban J connectivity index is 1.78. The van der Waals surface area contributed by atoms with E-state index in [1.54, 1.807) is 20.3 Å². The summed E-state index contributed by atoms with van der Waals surface area (Å²) in [4.78, 5) is 11.8. The third-order valence-electron chi connectivity index (χ3n) is 3.52. The second kappa shape index (κ2) is 9.03. The quantitative estimate of drug-likeness (QED) is 0.806. The molecule has 128 valence electrons. The highest BCUT2D eigenvalue weighted by atomic mass is 35.5. The van der Waals surface area contributed by atoms with E-state index in [-0.39, 0.29) is 6.03 Å². The molecule has 5 nitrogen and oxygen atoms in total. The number of hydrogen-bond acceptors (Lipinski definition) is 3. The molecule has 2 N–H and O–H groups in total. The molecule has 0 heterocycles. The number of rotatable bonds is 7. The highest BCUT2D eigenvalue weighted by molar-refractivity contribution is 6.30. The molecular weight excluding hydrogens is 328 g/mol. The van der Waals surface area contributed by atoms with Crippen molar-refractivity contribution in [1.82, 2.24) is 10.6 Å². The zero-order chi connectivity index (χ0) is 17.4. The monoisotopic (exact) mass is 348 g/mol. The Morgan fingerprint density at radius 3 is 2.62 bits per heavy atom. The molecule has 2 aromatic rings. The van der Waals surface area contributed by atoms with E-state index in [9.17, 15) is 4.79 Å². The SMILES string of the molecule is COc1ccc(CCNC(=O)NCc2cccc(Cl)c2)c(OC)c1. The van der Waals surface area contributed by atoms with E-state index < -0.39 is 0 Å². The molecule has 0 radical (unpaired) electrons. The van der Waals surface area contributed by atoms with E-state index in [0.29, 0.717) is 24.5 Å². The minimum absolute atomic E-state index is 0.220. The normalized spacial score (nSPS) is 10.1. The van der Waals surface area contributed by atoms with E-state index >= 15 is 0 Å². The molecule has 6 heteroatoms. The molecule has 0 bridgehead atoms. The van der Waals surface area contributed by atoms with Gasteiger partial charge in [-0.05, 0) is 35.7 Å².